The van der Waals surface area contributed by atoms with E-state index in [0.29, 0.717) is 0 Å². The van der Waals surface area contributed by atoms with Crippen molar-refractivity contribution in [2.75, 3.05) is 0 Å². The zero-order chi connectivity index (χ0) is 27.6. The zero-order valence-corrected chi connectivity index (χ0v) is 22.5. The lowest BCUT2D eigenvalue weighted by Crippen LogP contribution is -1.95. The number of fused-ring (bicyclic) bond motifs is 9. The number of rotatable bonds is 3. The van der Waals surface area contributed by atoms with Gasteiger partial charge in [0.1, 0.15) is 11.2 Å². The van der Waals surface area contributed by atoms with Crippen molar-refractivity contribution < 1.29 is 4.42 Å². The van der Waals surface area contributed by atoms with Crippen LogP contribution < -0.4 is 0 Å². The molecule has 0 unspecified atom stereocenters. The lowest BCUT2D eigenvalue weighted by molar-refractivity contribution is 0.670. The first-order valence-electron chi connectivity index (χ1n) is 14.1. The van der Waals surface area contributed by atoms with Gasteiger partial charge in [0.15, 0.2) is 11.5 Å². The number of hydrogen-bond donors (Lipinski definition) is 0. The molecular weight excluding hydrogens is 514 g/mol. The van der Waals surface area contributed by atoms with Gasteiger partial charge in [0, 0.05) is 38.1 Å². The van der Waals surface area contributed by atoms with Crippen molar-refractivity contribution in [1.82, 2.24) is 14.6 Å². The van der Waals surface area contributed by atoms with E-state index in [2.05, 4.69) is 132 Å². The molecule has 0 aliphatic rings. The Kier molecular flexibility index (Phi) is 4.87. The van der Waals surface area contributed by atoms with Crippen molar-refractivity contribution in [3.63, 3.8) is 0 Å². The number of pyridine rings is 1. The van der Waals surface area contributed by atoms with Crippen LogP contribution >= 0.6 is 0 Å². The molecule has 0 saturated heterocycles. The van der Waals surface area contributed by atoms with E-state index in [0.717, 1.165) is 61.0 Å². The van der Waals surface area contributed by atoms with E-state index in [1.165, 1.54) is 21.9 Å². The van der Waals surface area contributed by atoms with E-state index in [1.54, 1.807) is 0 Å². The molecule has 3 aromatic heterocycles. The summed E-state index contributed by atoms with van der Waals surface area (Å²) in [5, 5.41) is 15.2. The number of benzene rings is 6. The summed E-state index contributed by atoms with van der Waals surface area (Å²) in [5.74, 6) is 0.821. The summed E-state index contributed by atoms with van der Waals surface area (Å²) in [6.07, 6.45) is 0. The van der Waals surface area contributed by atoms with Crippen LogP contribution in [0.5, 0.6) is 0 Å². The first-order valence-corrected chi connectivity index (χ1v) is 14.1. The third kappa shape index (κ3) is 3.29. The maximum absolute atomic E-state index is 6.30. The Morgan fingerprint density at radius 2 is 1.10 bits per heavy atom. The van der Waals surface area contributed by atoms with Gasteiger partial charge in [-0.1, -0.05) is 127 Å². The third-order valence-corrected chi connectivity index (χ3v) is 8.33. The van der Waals surface area contributed by atoms with Crippen molar-refractivity contribution in [2.24, 2.45) is 0 Å². The molecule has 0 spiro atoms. The number of furan rings is 1. The fourth-order valence-corrected chi connectivity index (χ4v) is 6.41. The van der Waals surface area contributed by atoms with Gasteiger partial charge < -0.3 is 4.42 Å². The highest BCUT2D eigenvalue weighted by Crippen LogP contribution is 2.39. The highest BCUT2D eigenvalue weighted by molar-refractivity contribution is 6.18. The summed E-state index contributed by atoms with van der Waals surface area (Å²) in [6.45, 7) is 0. The maximum Gasteiger partial charge on any atom is 0.169 e. The van der Waals surface area contributed by atoms with E-state index in [9.17, 15) is 0 Å². The molecule has 6 aromatic carbocycles. The molecule has 4 nitrogen and oxygen atoms in total. The van der Waals surface area contributed by atoms with Gasteiger partial charge in [-0.2, -0.15) is 0 Å². The van der Waals surface area contributed by atoms with Crippen LogP contribution in [0, 0.1) is 0 Å². The van der Waals surface area contributed by atoms with Crippen molar-refractivity contribution in [3.05, 3.63) is 140 Å². The zero-order valence-electron chi connectivity index (χ0n) is 22.5. The van der Waals surface area contributed by atoms with Crippen molar-refractivity contribution in [1.29, 1.82) is 0 Å². The van der Waals surface area contributed by atoms with Crippen LogP contribution in [0.3, 0.4) is 0 Å². The second kappa shape index (κ2) is 8.88. The number of nitrogens with zero attached hydrogens (tertiary/aromatic N) is 3. The van der Waals surface area contributed by atoms with Gasteiger partial charge in [-0.15, -0.1) is 10.2 Å². The van der Waals surface area contributed by atoms with E-state index in [-0.39, 0.29) is 0 Å². The minimum atomic E-state index is 0.821. The average molecular weight is 538 g/mol. The second-order valence-corrected chi connectivity index (χ2v) is 10.7. The van der Waals surface area contributed by atoms with Crippen LogP contribution in [0.25, 0.3) is 82.9 Å². The maximum atomic E-state index is 6.30. The molecule has 0 amide bonds. The summed E-state index contributed by atoms with van der Waals surface area (Å²) in [7, 11) is 0. The lowest BCUT2D eigenvalue weighted by atomic mass is 9.95. The molecule has 9 aromatic rings. The first kappa shape index (κ1) is 23.0. The summed E-state index contributed by atoms with van der Waals surface area (Å²) in [5.41, 5.74) is 9.31. The van der Waals surface area contributed by atoms with Gasteiger partial charge >= 0.3 is 0 Å². The minimum absolute atomic E-state index is 0.821. The molecule has 3 heterocycles. The predicted molar refractivity (Wildman–Crippen MR) is 172 cm³/mol. The number of aromatic nitrogens is 3. The highest BCUT2D eigenvalue weighted by Gasteiger charge is 2.18. The third-order valence-electron chi connectivity index (χ3n) is 8.33. The van der Waals surface area contributed by atoms with Crippen LogP contribution in [-0.4, -0.2) is 14.6 Å². The van der Waals surface area contributed by atoms with Crippen LogP contribution in [0.15, 0.2) is 144 Å². The Balaban J connectivity index is 1.24. The molecule has 0 bridgehead atoms. The smallest absolute Gasteiger partial charge is 0.169 e. The normalized spacial score (nSPS) is 11.8. The fourth-order valence-electron chi connectivity index (χ4n) is 6.41. The van der Waals surface area contributed by atoms with Crippen LogP contribution in [0.4, 0.5) is 0 Å². The van der Waals surface area contributed by atoms with Crippen LogP contribution in [-0.2, 0) is 0 Å². The molecule has 42 heavy (non-hydrogen) atoms. The summed E-state index contributed by atoms with van der Waals surface area (Å²) in [4.78, 5) is 0. The van der Waals surface area contributed by atoms with Crippen LogP contribution in [0.1, 0.15) is 0 Å². The van der Waals surface area contributed by atoms with Gasteiger partial charge in [0.25, 0.3) is 0 Å². The van der Waals surface area contributed by atoms with Gasteiger partial charge in [0.2, 0.25) is 0 Å². The Labute approximate surface area is 241 Å². The number of para-hydroxylation sites is 3. The van der Waals surface area contributed by atoms with Crippen molar-refractivity contribution >= 4 is 49.3 Å². The average Bonchev–Trinajstić information content (AvgIpc) is 3.68. The van der Waals surface area contributed by atoms with E-state index in [4.69, 9.17) is 14.6 Å². The van der Waals surface area contributed by atoms with E-state index < -0.39 is 0 Å². The molecule has 4 heteroatoms. The Hall–Kier alpha value is -5.74. The van der Waals surface area contributed by atoms with Gasteiger partial charge in [0.05, 0.1) is 5.52 Å². The Morgan fingerprint density at radius 3 is 1.95 bits per heavy atom. The van der Waals surface area contributed by atoms with E-state index >= 15 is 0 Å². The molecule has 0 radical (unpaired) electrons. The summed E-state index contributed by atoms with van der Waals surface area (Å²) >= 11 is 0. The largest absolute Gasteiger partial charge is 0.455 e. The second-order valence-electron chi connectivity index (χ2n) is 10.7. The molecule has 196 valence electrons. The van der Waals surface area contributed by atoms with Gasteiger partial charge in [-0.25, -0.2) is 0 Å². The summed E-state index contributed by atoms with van der Waals surface area (Å²) < 4.78 is 8.50. The highest BCUT2D eigenvalue weighted by atomic mass is 16.3. The predicted octanol–water partition coefficient (Wildman–Crippen LogP) is 9.94. The van der Waals surface area contributed by atoms with Gasteiger partial charge in [-0.3, -0.25) is 4.40 Å². The Bertz CT molecular complexity index is 2450. The Morgan fingerprint density at radius 1 is 0.452 bits per heavy atom. The molecule has 0 aliphatic carbocycles. The molecule has 0 aliphatic heterocycles. The van der Waals surface area contributed by atoms with Crippen LogP contribution in [0.2, 0.25) is 0 Å². The first-order chi connectivity index (χ1) is 20.8. The molecule has 0 N–H and O–H groups in total. The monoisotopic (exact) mass is 537 g/mol. The van der Waals surface area contributed by atoms with Crippen molar-refractivity contribution in [2.45, 2.75) is 0 Å². The lowest BCUT2D eigenvalue weighted by Gasteiger charge is -2.13. The molecule has 9 rings (SSSR count). The topological polar surface area (TPSA) is 43.3 Å². The molecule has 0 fully saturated rings. The molecular formula is C38H23N3O. The quantitative estimate of drug-likeness (QED) is 0.211. The van der Waals surface area contributed by atoms with Gasteiger partial charge in [-0.05, 0) is 28.8 Å². The minimum Gasteiger partial charge on any atom is -0.455 e. The SMILES string of the molecule is c1ccc(-c2cccc3c2c2ccccc2n2c(-c4ccc(-c5cccc6c5oc5ccccc56)cc4)nnc32)cc1. The van der Waals surface area contributed by atoms with Crippen molar-refractivity contribution in [3.8, 4) is 33.6 Å². The standard InChI is InChI=1S/C38H23N3O/c1-2-10-24(11-3-1)27-14-8-17-32-35(27)31-13-4-6-18-33(31)41-37(39-40-38(32)41)26-22-20-25(21-23-26)28-15-9-16-30-29-12-5-7-19-34(29)42-36(28)30/h1-23H. The number of hydrogen-bond acceptors (Lipinski definition) is 3. The molecule has 0 atom stereocenters. The summed E-state index contributed by atoms with van der Waals surface area (Å²) in [6, 6.07) is 48.7. The molecule has 0 saturated carbocycles. The fraction of sp³-hybridized carbons (Fsp3) is 0. The van der Waals surface area contributed by atoms with E-state index in [1.807, 2.05) is 12.1 Å².